The molecule has 0 aliphatic carbocycles. The van der Waals surface area contributed by atoms with Crippen molar-refractivity contribution < 1.29 is 0 Å². The average molecular weight is 212 g/mol. The van der Waals surface area contributed by atoms with E-state index in [4.69, 9.17) is 5.73 Å². The predicted molar refractivity (Wildman–Crippen MR) is 67.0 cm³/mol. The zero-order valence-corrected chi connectivity index (χ0v) is 9.26. The van der Waals surface area contributed by atoms with Gasteiger partial charge in [-0.05, 0) is 43.1 Å². The number of aromatic nitrogens is 1. The molecule has 0 bridgehead atoms. The van der Waals surface area contributed by atoms with Crippen molar-refractivity contribution in [2.75, 3.05) is 6.54 Å². The summed E-state index contributed by atoms with van der Waals surface area (Å²) in [6.45, 7) is 0.744. The molecule has 0 unspecified atom stereocenters. The Hall–Kier alpha value is -1.67. The molecule has 2 heteroatoms. The van der Waals surface area contributed by atoms with E-state index in [9.17, 15) is 0 Å². The molecule has 16 heavy (non-hydrogen) atoms. The summed E-state index contributed by atoms with van der Waals surface area (Å²) >= 11 is 0. The summed E-state index contributed by atoms with van der Waals surface area (Å²) < 4.78 is 0. The zero-order valence-electron chi connectivity index (χ0n) is 9.26. The van der Waals surface area contributed by atoms with E-state index in [-0.39, 0.29) is 0 Å². The summed E-state index contributed by atoms with van der Waals surface area (Å²) in [5.41, 5.74) is 9.04. The molecule has 1 aromatic heterocycles. The predicted octanol–water partition coefficient (Wildman–Crippen LogP) is 2.64. The standard InChI is InChI=1S/C14H16N2/c15-9-4-6-12-5-3-7-13(11-12)14-8-1-2-10-16-14/h1-3,5,7-8,10-11H,4,6,9,15H2. The third-order valence-corrected chi connectivity index (χ3v) is 2.56. The van der Waals surface area contributed by atoms with Gasteiger partial charge in [-0.2, -0.15) is 0 Å². The molecule has 82 valence electrons. The van der Waals surface area contributed by atoms with Crippen LogP contribution in [0, 0.1) is 0 Å². The Bertz CT molecular complexity index is 437. The van der Waals surface area contributed by atoms with Crippen LogP contribution in [0.5, 0.6) is 0 Å². The summed E-state index contributed by atoms with van der Waals surface area (Å²) in [5.74, 6) is 0. The van der Waals surface area contributed by atoms with Gasteiger partial charge in [-0.15, -0.1) is 0 Å². The van der Waals surface area contributed by atoms with Gasteiger partial charge in [0.1, 0.15) is 0 Å². The first kappa shape index (κ1) is 10.8. The third-order valence-electron chi connectivity index (χ3n) is 2.56. The third kappa shape index (κ3) is 2.67. The first-order chi connectivity index (χ1) is 7.90. The molecule has 0 atom stereocenters. The molecule has 0 saturated heterocycles. The van der Waals surface area contributed by atoms with Crippen LogP contribution >= 0.6 is 0 Å². The van der Waals surface area contributed by atoms with Crippen molar-refractivity contribution >= 4 is 0 Å². The molecule has 0 aliphatic rings. The normalized spacial score (nSPS) is 10.3. The molecule has 0 radical (unpaired) electrons. The van der Waals surface area contributed by atoms with E-state index in [2.05, 4.69) is 29.2 Å². The average Bonchev–Trinajstić information content (AvgIpc) is 2.38. The summed E-state index contributed by atoms with van der Waals surface area (Å²) in [7, 11) is 0. The second kappa shape index (κ2) is 5.42. The number of hydrogen-bond donors (Lipinski definition) is 1. The Balaban J connectivity index is 2.22. The summed E-state index contributed by atoms with van der Waals surface area (Å²) in [4.78, 5) is 4.35. The lowest BCUT2D eigenvalue weighted by atomic mass is 10.0. The minimum absolute atomic E-state index is 0.744. The van der Waals surface area contributed by atoms with Gasteiger partial charge in [0, 0.05) is 11.8 Å². The molecule has 0 saturated carbocycles. The number of benzene rings is 1. The topological polar surface area (TPSA) is 38.9 Å². The number of nitrogens with zero attached hydrogens (tertiary/aromatic N) is 1. The molecule has 2 N–H and O–H groups in total. The van der Waals surface area contributed by atoms with Gasteiger partial charge < -0.3 is 5.73 Å². The molecule has 1 heterocycles. The fraction of sp³-hybridized carbons (Fsp3) is 0.214. The van der Waals surface area contributed by atoms with Crippen LogP contribution in [0.4, 0.5) is 0 Å². The van der Waals surface area contributed by atoms with E-state index < -0.39 is 0 Å². The van der Waals surface area contributed by atoms with Gasteiger partial charge >= 0.3 is 0 Å². The van der Waals surface area contributed by atoms with Crippen molar-refractivity contribution in [3.8, 4) is 11.3 Å². The van der Waals surface area contributed by atoms with E-state index >= 15 is 0 Å². The lowest BCUT2D eigenvalue weighted by Crippen LogP contribution is -2.00. The summed E-state index contributed by atoms with van der Waals surface area (Å²) in [6.07, 6.45) is 3.89. The largest absolute Gasteiger partial charge is 0.330 e. The van der Waals surface area contributed by atoms with E-state index in [0.717, 1.165) is 25.1 Å². The number of aryl methyl sites for hydroxylation is 1. The second-order valence-corrected chi connectivity index (χ2v) is 3.81. The van der Waals surface area contributed by atoms with Crippen LogP contribution in [-0.4, -0.2) is 11.5 Å². The van der Waals surface area contributed by atoms with Crippen molar-refractivity contribution in [2.24, 2.45) is 5.73 Å². The van der Waals surface area contributed by atoms with Crippen molar-refractivity contribution in [3.63, 3.8) is 0 Å². The summed E-state index contributed by atoms with van der Waals surface area (Å²) in [5, 5.41) is 0. The molecule has 0 aliphatic heterocycles. The van der Waals surface area contributed by atoms with Gasteiger partial charge in [0.2, 0.25) is 0 Å². The van der Waals surface area contributed by atoms with Crippen molar-refractivity contribution in [2.45, 2.75) is 12.8 Å². The van der Waals surface area contributed by atoms with Crippen LogP contribution in [0.25, 0.3) is 11.3 Å². The smallest absolute Gasteiger partial charge is 0.0702 e. The first-order valence-electron chi connectivity index (χ1n) is 5.60. The minimum atomic E-state index is 0.744. The van der Waals surface area contributed by atoms with E-state index in [0.29, 0.717) is 0 Å². The molecule has 2 aromatic rings. The Morgan fingerprint density at radius 2 is 2.00 bits per heavy atom. The highest BCUT2D eigenvalue weighted by Gasteiger charge is 1.99. The molecule has 0 spiro atoms. The lowest BCUT2D eigenvalue weighted by molar-refractivity contribution is 0.833. The minimum Gasteiger partial charge on any atom is -0.330 e. The second-order valence-electron chi connectivity index (χ2n) is 3.81. The summed E-state index contributed by atoms with van der Waals surface area (Å²) in [6, 6.07) is 14.5. The zero-order chi connectivity index (χ0) is 11.2. The van der Waals surface area contributed by atoms with Crippen LogP contribution < -0.4 is 5.73 Å². The molecule has 2 nitrogen and oxygen atoms in total. The highest BCUT2D eigenvalue weighted by Crippen LogP contribution is 2.18. The van der Waals surface area contributed by atoms with Gasteiger partial charge in [-0.25, -0.2) is 0 Å². The van der Waals surface area contributed by atoms with Crippen molar-refractivity contribution in [1.29, 1.82) is 0 Å². The fourth-order valence-corrected chi connectivity index (χ4v) is 1.73. The maximum absolute atomic E-state index is 5.51. The quantitative estimate of drug-likeness (QED) is 0.846. The molecular weight excluding hydrogens is 196 g/mol. The van der Waals surface area contributed by atoms with Crippen LogP contribution in [-0.2, 0) is 6.42 Å². The number of pyridine rings is 1. The number of nitrogens with two attached hydrogens (primary N) is 1. The molecular formula is C14H16N2. The highest BCUT2D eigenvalue weighted by atomic mass is 14.7. The van der Waals surface area contributed by atoms with Crippen LogP contribution in [0.2, 0.25) is 0 Å². The maximum atomic E-state index is 5.51. The van der Waals surface area contributed by atoms with Crippen molar-refractivity contribution in [3.05, 3.63) is 54.2 Å². The number of hydrogen-bond acceptors (Lipinski definition) is 2. The number of rotatable bonds is 4. The Morgan fingerprint density at radius 3 is 2.75 bits per heavy atom. The van der Waals surface area contributed by atoms with Gasteiger partial charge in [-0.1, -0.05) is 24.3 Å². The first-order valence-corrected chi connectivity index (χ1v) is 5.60. The molecule has 0 amide bonds. The molecule has 2 rings (SSSR count). The highest BCUT2D eigenvalue weighted by molar-refractivity contribution is 5.59. The molecule has 1 aromatic carbocycles. The van der Waals surface area contributed by atoms with E-state index in [1.165, 1.54) is 11.1 Å². The molecule has 0 fully saturated rings. The van der Waals surface area contributed by atoms with Crippen molar-refractivity contribution in [1.82, 2.24) is 4.98 Å². The lowest BCUT2D eigenvalue weighted by Gasteiger charge is -2.04. The van der Waals surface area contributed by atoms with Crippen LogP contribution in [0.3, 0.4) is 0 Å². The monoisotopic (exact) mass is 212 g/mol. The van der Waals surface area contributed by atoms with Gasteiger partial charge in [0.15, 0.2) is 0 Å². The Labute approximate surface area is 96.1 Å². The van der Waals surface area contributed by atoms with Gasteiger partial charge in [0.05, 0.1) is 5.69 Å². The maximum Gasteiger partial charge on any atom is 0.0702 e. The van der Waals surface area contributed by atoms with Gasteiger partial charge in [0.25, 0.3) is 0 Å². The van der Waals surface area contributed by atoms with Crippen LogP contribution in [0.1, 0.15) is 12.0 Å². The SMILES string of the molecule is NCCCc1cccc(-c2ccccn2)c1. The van der Waals surface area contributed by atoms with Crippen LogP contribution in [0.15, 0.2) is 48.7 Å². The Morgan fingerprint density at radius 1 is 1.06 bits per heavy atom. The van der Waals surface area contributed by atoms with E-state index in [1.807, 2.05) is 24.4 Å². The Kier molecular flexibility index (Phi) is 3.67. The van der Waals surface area contributed by atoms with E-state index in [1.54, 1.807) is 0 Å². The van der Waals surface area contributed by atoms with Gasteiger partial charge in [-0.3, -0.25) is 4.98 Å². The fourth-order valence-electron chi connectivity index (χ4n) is 1.73.